The summed E-state index contributed by atoms with van der Waals surface area (Å²) in [6.07, 6.45) is 0. The molecule has 124 valence electrons. The van der Waals surface area contributed by atoms with Gasteiger partial charge in [-0.15, -0.1) is 0 Å². The number of H-pyrrole nitrogens is 1. The van der Waals surface area contributed by atoms with Crippen molar-refractivity contribution >= 4 is 0 Å². The van der Waals surface area contributed by atoms with E-state index in [9.17, 15) is 10.1 Å². The number of nitrogens with zero attached hydrogens (tertiary/aromatic N) is 2. The first-order valence-electron chi connectivity index (χ1n) is 7.50. The van der Waals surface area contributed by atoms with Crippen LogP contribution in [-0.2, 0) is 0 Å². The van der Waals surface area contributed by atoms with Crippen molar-refractivity contribution in [2.45, 2.75) is 0 Å². The van der Waals surface area contributed by atoms with Crippen LogP contribution < -0.4 is 15.0 Å². The molecule has 0 bridgehead atoms. The highest BCUT2D eigenvalue weighted by Crippen LogP contribution is 2.37. The van der Waals surface area contributed by atoms with Crippen molar-refractivity contribution in [2.24, 2.45) is 0 Å². The van der Waals surface area contributed by atoms with Crippen molar-refractivity contribution in [2.75, 3.05) is 14.2 Å². The fourth-order valence-corrected chi connectivity index (χ4v) is 2.61. The number of nitrogens with one attached hydrogen (secondary N) is 1. The predicted octanol–water partition coefficient (Wildman–Crippen LogP) is 2.99. The van der Waals surface area contributed by atoms with Gasteiger partial charge in [-0.05, 0) is 24.3 Å². The Bertz CT molecular complexity index is 1020. The van der Waals surface area contributed by atoms with Crippen LogP contribution >= 0.6 is 0 Å². The average Bonchev–Trinajstić information content (AvgIpc) is 2.67. The highest BCUT2D eigenvalue weighted by molar-refractivity contribution is 5.83. The Balaban J connectivity index is 2.38. The summed E-state index contributed by atoms with van der Waals surface area (Å²) in [7, 11) is 3.11. The molecule has 0 aliphatic rings. The van der Waals surface area contributed by atoms with Gasteiger partial charge in [0.25, 0.3) is 5.56 Å². The summed E-state index contributed by atoms with van der Waals surface area (Å²) in [6, 6.07) is 16.4. The van der Waals surface area contributed by atoms with Gasteiger partial charge in [0.2, 0.25) is 5.69 Å². The summed E-state index contributed by atoms with van der Waals surface area (Å²) in [5, 5.41) is 9.19. The monoisotopic (exact) mass is 333 g/mol. The lowest BCUT2D eigenvalue weighted by molar-refractivity contribution is 0.415. The average molecular weight is 333 g/mol. The van der Waals surface area contributed by atoms with E-state index in [1.165, 1.54) is 0 Å². The Labute approximate surface area is 144 Å². The van der Waals surface area contributed by atoms with Crippen molar-refractivity contribution in [3.05, 3.63) is 64.6 Å². The van der Waals surface area contributed by atoms with Gasteiger partial charge < -0.3 is 14.5 Å². The first-order valence-corrected chi connectivity index (χ1v) is 7.50. The van der Waals surface area contributed by atoms with Crippen LogP contribution in [0.25, 0.3) is 22.5 Å². The standard InChI is InChI=1S/C19H15N3O3/c1-24-15-9-5-3-7-12(15)17-18(22-19(23)14(11-20)21-17)13-8-4-6-10-16(13)25-2/h3-10H,1-2H3,(H,22,23). The smallest absolute Gasteiger partial charge is 0.285 e. The molecule has 25 heavy (non-hydrogen) atoms. The number of aromatic nitrogens is 2. The largest absolute Gasteiger partial charge is 0.496 e. The summed E-state index contributed by atoms with van der Waals surface area (Å²) in [5.41, 5.74) is 1.48. The van der Waals surface area contributed by atoms with Crippen LogP contribution in [0.5, 0.6) is 11.5 Å². The quantitative estimate of drug-likeness (QED) is 0.793. The van der Waals surface area contributed by atoms with Gasteiger partial charge in [0.15, 0.2) is 0 Å². The fraction of sp³-hybridized carbons (Fsp3) is 0.105. The Morgan fingerprint density at radius 2 is 1.52 bits per heavy atom. The van der Waals surface area contributed by atoms with E-state index in [0.717, 1.165) is 0 Å². The van der Waals surface area contributed by atoms with E-state index in [2.05, 4.69) is 9.97 Å². The molecule has 1 heterocycles. The Morgan fingerprint density at radius 1 is 0.960 bits per heavy atom. The summed E-state index contributed by atoms with van der Waals surface area (Å²) in [5.74, 6) is 1.17. The minimum atomic E-state index is -0.554. The van der Waals surface area contributed by atoms with Gasteiger partial charge in [-0.3, -0.25) is 4.79 Å². The van der Waals surface area contributed by atoms with Gasteiger partial charge in [-0.2, -0.15) is 5.26 Å². The van der Waals surface area contributed by atoms with Gasteiger partial charge >= 0.3 is 0 Å². The van der Waals surface area contributed by atoms with E-state index < -0.39 is 5.56 Å². The summed E-state index contributed by atoms with van der Waals surface area (Å²) < 4.78 is 10.8. The maximum absolute atomic E-state index is 12.2. The lowest BCUT2D eigenvalue weighted by Gasteiger charge is -2.14. The molecule has 3 aromatic rings. The number of nitriles is 1. The topological polar surface area (TPSA) is 88.0 Å². The number of para-hydroxylation sites is 2. The van der Waals surface area contributed by atoms with Crippen molar-refractivity contribution in [1.29, 1.82) is 5.26 Å². The van der Waals surface area contributed by atoms with Crippen molar-refractivity contribution in [3.8, 4) is 40.1 Å². The molecule has 0 fully saturated rings. The van der Waals surface area contributed by atoms with E-state index in [1.807, 2.05) is 42.5 Å². The molecule has 0 unspecified atom stereocenters. The molecule has 1 aromatic heterocycles. The molecule has 2 aromatic carbocycles. The maximum atomic E-state index is 12.2. The predicted molar refractivity (Wildman–Crippen MR) is 93.5 cm³/mol. The molecule has 6 heteroatoms. The number of hydrogen-bond donors (Lipinski definition) is 1. The molecule has 1 N–H and O–H groups in total. The summed E-state index contributed by atoms with van der Waals surface area (Å²) in [6.45, 7) is 0. The van der Waals surface area contributed by atoms with Gasteiger partial charge in [0.05, 0.1) is 19.9 Å². The molecular weight excluding hydrogens is 318 g/mol. The van der Waals surface area contributed by atoms with E-state index >= 15 is 0 Å². The van der Waals surface area contributed by atoms with Crippen LogP contribution in [0.4, 0.5) is 0 Å². The minimum absolute atomic E-state index is 0.209. The van der Waals surface area contributed by atoms with E-state index in [-0.39, 0.29) is 5.69 Å². The van der Waals surface area contributed by atoms with Crippen LogP contribution in [0.2, 0.25) is 0 Å². The molecule has 0 saturated heterocycles. The summed E-state index contributed by atoms with van der Waals surface area (Å²) >= 11 is 0. The van der Waals surface area contributed by atoms with Crippen molar-refractivity contribution in [3.63, 3.8) is 0 Å². The van der Waals surface area contributed by atoms with Crippen LogP contribution in [0.1, 0.15) is 5.69 Å². The lowest BCUT2D eigenvalue weighted by atomic mass is 10.0. The summed E-state index contributed by atoms with van der Waals surface area (Å²) in [4.78, 5) is 19.2. The number of methoxy groups -OCH3 is 2. The lowest BCUT2D eigenvalue weighted by Crippen LogP contribution is -2.15. The van der Waals surface area contributed by atoms with Crippen molar-refractivity contribution in [1.82, 2.24) is 9.97 Å². The number of benzene rings is 2. The molecule has 0 atom stereocenters. The number of aromatic amines is 1. The normalized spacial score (nSPS) is 10.1. The third-order valence-electron chi connectivity index (χ3n) is 3.76. The molecule has 3 rings (SSSR count). The third kappa shape index (κ3) is 2.95. The second kappa shape index (κ2) is 6.89. The molecule has 0 aliphatic heterocycles. The van der Waals surface area contributed by atoms with Crippen LogP contribution in [0.15, 0.2) is 53.3 Å². The van der Waals surface area contributed by atoms with Gasteiger partial charge in [0.1, 0.15) is 23.3 Å². The molecule has 0 radical (unpaired) electrons. The maximum Gasteiger partial charge on any atom is 0.285 e. The number of hydrogen-bond acceptors (Lipinski definition) is 5. The van der Waals surface area contributed by atoms with E-state index in [0.29, 0.717) is 34.0 Å². The Kier molecular flexibility index (Phi) is 4.48. The molecule has 0 aliphatic carbocycles. The highest BCUT2D eigenvalue weighted by Gasteiger charge is 2.19. The third-order valence-corrected chi connectivity index (χ3v) is 3.76. The molecular formula is C19H15N3O3. The van der Waals surface area contributed by atoms with E-state index in [4.69, 9.17) is 9.47 Å². The molecule has 0 spiro atoms. The second-order valence-corrected chi connectivity index (χ2v) is 5.15. The second-order valence-electron chi connectivity index (χ2n) is 5.15. The van der Waals surface area contributed by atoms with Gasteiger partial charge in [-0.25, -0.2) is 4.98 Å². The minimum Gasteiger partial charge on any atom is -0.496 e. The molecule has 6 nitrogen and oxygen atoms in total. The molecule has 0 amide bonds. The van der Waals surface area contributed by atoms with E-state index in [1.54, 1.807) is 26.4 Å². The van der Waals surface area contributed by atoms with Crippen molar-refractivity contribution < 1.29 is 9.47 Å². The Morgan fingerprint density at radius 3 is 2.12 bits per heavy atom. The fourth-order valence-electron chi connectivity index (χ4n) is 2.61. The zero-order valence-corrected chi connectivity index (χ0v) is 13.7. The van der Waals surface area contributed by atoms with Crippen LogP contribution in [0, 0.1) is 11.3 Å². The first-order chi connectivity index (χ1) is 12.2. The van der Waals surface area contributed by atoms with Crippen LogP contribution in [-0.4, -0.2) is 24.2 Å². The highest BCUT2D eigenvalue weighted by atomic mass is 16.5. The number of ether oxygens (including phenoxy) is 2. The Hall–Kier alpha value is -3.59. The van der Waals surface area contributed by atoms with Gasteiger partial charge in [-0.1, -0.05) is 24.3 Å². The molecule has 0 saturated carbocycles. The number of rotatable bonds is 4. The zero-order valence-electron chi connectivity index (χ0n) is 13.7. The van der Waals surface area contributed by atoms with Gasteiger partial charge in [0, 0.05) is 11.1 Å². The first kappa shape index (κ1) is 16.3. The van der Waals surface area contributed by atoms with Crippen LogP contribution in [0.3, 0.4) is 0 Å². The SMILES string of the molecule is COc1ccccc1-c1nc(C#N)c(=O)[nH]c1-c1ccccc1OC. The zero-order chi connectivity index (χ0) is 17.8.